The Labute approximate surface area is 158 Å². The van der Waals surface area contributed by atoms with Crippen LogP contribution < -0.4 is 10.2 Å². The molecule has 0 aliphatic heterocycles. The monoisotopic (exact) mass is 378 g/mol. The van der Waals surface area contributed by atoms with Gasteiger partial charge in [0.1, 0.15) is 0 Å². The highest BCUT2D eigenvalue weighted by molar-refractivity contribution is 6.06. The van der Waals surface area contributed by atoms with Gasteiger partial charge in [-0.15, -0.1) is 0 Å². The van der Waals surface area contributed by atoms with Gasteiger partial charge >= 0.3 is 6.18 Å². The van der Waals surface area contributed by atoms with Crippen molar-refractivity contribution >= 4 is 17.3 Å². The predicted octanol–water partition coefficient (Wildman–Crippen LogP) is 5.89. The number of anilines is 2. The Kier molecular flexibility index (Phi) is 6.88. The third kappa shape index (κ3) is 5.25. The van der Waals surface area contributed by atoms with E-state index in [4.69, 9.17) is 0 Å². The van der Waals surface area contributed by atoms with Gasteiger partial charge in [0, 0.05) is 18.7 Å². The van der Waals surface area contributed by atoms with Gasteiger partial charge < -0.3 is 10.2 Å². The average Bonchev–Trinajstić information content (AvgIpc) is 2.61. The first kappa shape index (κ1) is 20.8. The number of rotatable bonds is 7. The smallest absolute Gasteiger partial charge is 0.370 e. The van der Waals surface area contributed by atoms with Crippen molar-refractivity contribution in [3.8, 4) is 0 Å². The molecule has 2 aromatic rings. The summed E-state index contributed by atoms with van der Waals surface area (Å²) in [7, 11) is 0. The average molecular weight is 378 g/mol. The van der Waals surface area contributed by atoms with E-state index in [0.29, 0.717) is 24.3 Å². The third-order valence-corrected chi connectivity index (χ3v) is 4.29. The van der Waals surface area contributed by atoms with Crippen molar-refractivity contribution < 1.29 is 18.0 Å². The Hall–Kier alpha value is -2.50. The molecule has 0 saturated carbocycles. The van der Waals surface area contributed by atoms with Crippen molar-refractivity contribution in [2.24, 2.45) is 0 Å². The number of carbonyl (C=O) groups excluding carboxylic acids is 1. The summed E-state index contributed by atoms with van der Waals surface area (Å²) in [5, 5.41) is 2.70. The lowest BCUT2D eigenvalue weighted by Gasteiger charge is -2.27. The Morgan fingerprint density at radius 3 is 2.22 bits per heavy atom. The molecule has 1 N–H and O–H groups in total. The van der Waals surface area contributed by atoms with Crippen LogP contribution >= 0.6 is 0 Å². The maximum atomic E-state index is 13.2. The number of halogens is 3. The molecule has 0 heterocycles. The van der Waals surface area contributed by atoms with Crippen LogP contribution in [0.15, 0.2) is 42.5 Å². The van der Waals surface area contributed by atoms with Crippen LogP contribution in [0.1, 0.15) is 48.2 Å². The quantitative estimate of drug-likeness (QED) is 0.651. The Balaban J connectivity index is 2.46. The molecule has 0 saturated heterocycles. The standard InChI is InChI=1S/C21H25F3N2O/c1-4-12-26(13-5-2)19-11-10-16(21(22,23)24)14-18(19)25-20(27)17-9-7-6-8-15(17)3/h6-11,14H,4-5,12-13H2,1-3H3,(H,25,27). The molecule has 27 heavy (non-hydrogen) atoms. The first-order valence-electron chi connectivity index (χ1n) is 9.11. The number of hydrogen-bond acceptors (Lipinski definition) is 2. The number of nitrogens with zero attached hydrogens (tertiary/aromatic N) is 1. The highest BCUT2D eigenvalue weighted by Gasteiger charge is 2.31. The molecule has 0 unspecified atom stereocenters. The molecular weight excluding hydrogens is 353 g/mol. The van der Waals surface area contributed by atoms with Gasteiger partial charge in [0.15, 0.2) is 0 Å². The summed E-state index contributed by atoms with van der Waals surface area (Å²) in [6.07, 6.45) is -2.76. The van der Waals surface area contributed by atoms with Crippen molar-refractivity contribution in [2.75, 3.05) is 23.3 Å². The second-order valence-corrected chi connectivity index (χ2v) is 6.49. The zero-order valence-electron chi connectivity index (χ0n) is 15.9. The summed E-state index contributed by atoms with van der Waals surface area (Å²) in [4.78, 5) is 14.7. The van der Waals surface area contributed by atoms with Crippen LogP contribution in [0.5, 0.6) is 0 Å². The molecule has 0 aliphatic rings. The Morgan fingerprint density at radius 1 is 1.04 bits per heavy atom. The molecule has 0 aliphatic carbocycles. The molecule has 3 nitrogen and oxygen atoms in total. The van der Waals surface area contributed by atoms with Crippen molar-refractivity contribution in [2.45, 2.75) is 39.8 Å². The fraction of sp³-hybridized carbons (Fsp3) is 0.381. The molecule has 0 radical (unpaired) electrons. The highest BCUT2D eigenvalue weighted by atomic mass is 19.4. The van der Waals surface area contributed by atoms with Crippen LogP contribution in [0.2, 0.25) is 0 Å². The lowest BCUT2D eigenvalue weighted by atomic mass is 10.1. The van der Waals surface area contributed by atoms with Gasteiger partial charge in [-0.05, 0) is 49.6 Å². The third-order valence-electron chi connectivity index (χ3n) is 4.29. The molecular formula is C21H25F3N2O. The van der Waals surface area contributed by atoms with E-state index in [1.165, 1.54) is 6.07 Å². The van der Waals surface area contributed by atoms with E-state index >= 15 is 0 Å². The van der Waals surface area contributed by atoms with Gasteiger partial charge in [-0.1, -0.05) is 32.0 Å². The maximum absolute atomic E-state index is 13.2. The van der Waals surface area contributed by atoms with E-state index < -0.39 is 17.6 Å². The summed E-state index contributed by atoms with van der Waals surface area (Å²) >= 11 is 0. The minimum Gasteiger partial charge on any atom is -0.370 e. The molecule has 2 rings (SSSR count). The van der Waals surface area contributed by atoms with Crippen molar-refractivity contribution in [3.05, 3.63) is 59.2 Å². The van der Waals surface area contributed by atoms with Gasteiger partial charge in [0.2, 0.25) is 0 Å². The van der Waals surface area contributed by atoms with E-state index in [0.717, 1.165) is 30.5 Å². The number of alkyl halides is 3. The number of amides is 1. The van der Waals surface area contributed by atoms with Crippen LogP contribution in [0.25, 0.3) is 0 Å². The number of nitrogens with one attached hydrogen (secondary N) is 1. The second kappa shape index (κ2) is 8.93. The van der Waals surface area contributed by atoms with Crippen molar-refractivity contribution in [3.63, 3.8) is 0 Å². The van der Waals surface area contributed by atoms with Crippen LogP contribution in [-0.4, -0.2) is 19.0 Å². The summed E-state index contributed by atoms with van der Waals surface area (Å²) in [6.45, 7) is 7.22. The van der Waals surface area contributed by atoms with Crippen LogP contribution in [0.4, 0.5) is 24.5 Å². The van der Waals surface area contributed by atoms with Gasteiger partial charge in [0.05, 0.1) is 16.9 Å². The molecule has 6 heteroatoms. The predicted molar refractivity (Wildman–Crippen MR) is 103 cm³/mol. The molecule has 0 fully saturated rings. The Bertz CT molecular complexity index is 781. The van der Waals surface area contributed by atoms with Crippen LogP contribution in [0, 0.1) is 6.92 Å². The topological polar surface area (TPSA) is 32.3 Å². The first-order valence-corrected chi connectivity index (χ1v) is 9.11. The highest BCUT2D eigenvalue weighted by Crippen LogP contribution is 2.36. The molecule has 1 amide bonds. The molecule has 0 spiro atoms. The first-order chi connectivity index (χ1) is 12.8. The minimum atomic E-state index is -4.47. The fourth-order valence-corrected chi connectivity index (χ4v) is 3.00. The fourth-order valence-electron chi connectivity index (χ4n) is 3.00. The number of aryl methyl sites for hydroxylation is 1. The Morgan fingerprint density at radius 2 is 1.67 bits per heavy atom. The molecule has 2 aromatic carbocycles. The molecule has 0 aromatic heterocycles. The van der Waals surface area contributed by atoms with Crippen LogP contribution in [0.3, 0.4) is 0 Å². The van der Waals surface area contributed by atoms with Crippen molar-refractivity contribution in [1.82, 2.24) is 0 Å². The van der Waals surface area contributed by atoms with Crippen LogP contribution in [-0.2, 0) is 6.18 Å². The van der Waals surface area contributed by atoms with E-state index in [-0.39, 0.29) is 5.69 Å². The summed E-state index contributed by atoms with van der Waals surface area (Å²) in [6, 6.07) is 10.5. The van der Waals surface area contributed by atoms with Gasteiger partial charge in [-0.25, -0.2) is 0 Å². The number of hydrogen-bond donors (Lipinski definition) is 1. The number of benzene rings is 2. The van der Waals surface area contributed by atoms with Gasteiger partial charge in [-0.2, -0.15) is 13.2 Å². The second-order valence-electron chi connectivity index (χ2n) is 6.49. The minimum absolute atomic E-state index is 0.181. The zero-order valence-corrected chi connectivity index (χ0v) is 15.9. The molecule has 146 valence electrons. The maximum Gasteiger partial charge on any atom is 0.416 e. The normalized spacial score (nSPS) is 11.3. The van der Waals surface area contributed by atoms with E-state index in [9.17, 15) is 18.0 Å². The SMILES string of the molecule is CCCN(CCC)c1ccc(C(F)(F)F)cc1NC(=O)c1ccccc1C. The summed E-state index contributed by atoms with van der Waals surface area (Å²) in [5.41, 5.74) is 1.22. The van der Waals surface area contributed by atoms with E-state index in [2.05, 4.69) is 5.32 Å². The summed E-state index contributed by atoms with van der Waals surface area (Å²) < 4.78 is 39.6. The lowest BCUT2D eigenvalue weighted by Crippen LogP contribution is -2.27. The number of carbonyl (C=O) groups is 1. The molecule has 0 atom stereocenters. The zero-order chi connectivity index (χ0) is 20.0. The lowest BCUT2D eigenvalue weighted by molar-refractivity contribution is -0.137. The van der Waals surface area contributed by atoms with E-state index in [1.54, 1.807) is 25.1 Å². The largest absolute Gasteiger partial charge is 0.416 e. The van der Waals surface area contributed by atoms with E-state index in [1.807, 2.05) is 24.8 Å². The van der Waals surface area contributed by atoms with Gasteiger partial charge in [-0.3, -0.25) is 4.79 Å². The van der Waals surface area contributed by atoms with Gasteiger partial charge in [0.25, 0.3) is 5.91 Å². The molecule has 0 bridgehead atoms. The summed E-state index contributed by atoms with van der Waals surface area (Å²) in [5.74, 6) is -0.415. The van der Waals surface area contributed by atoms with Crippen molar-refractivity contribution in [1.29, 1.82) is 0 Å².